The maximum absolute atomic E-state index is 10.9. The lowest BCUT2D eigenvalue weighted by Gasteiger charge is -2.20. The third-order valence-electron chi connectivity index (χ3n) is 3.44. The number of anilines is 1. The summed E-state index contributed by atoms with van der Waals surface area (Å²) in [6.45, 7) is 6.48. The summed E-state index contributed by atoms with van der Waals surface area (Å²) in [5.41, 5.74) is 4.23. The molecule has 0 atom stereocenters. The number of aryl methyl sites for hydroxylation is 1. The van der Waals surface area contributed by atoms with Crippen LogP contribution in [0.5, 0.6) is 0 Å². The van der Waals surface area contributed by atoms with E-state index >= 15 is 0 Å². The Morgan fingerprint density at radius 2 is 2.28 bits per heavy atom. The van der Waals surface area contributed by atoms with Crippen molar-refractivity contribution in [2.45, 2.75) is 33.1 Å². The summed E-state index contributed by atoms with van der Waals surface area (Å²) in [5.74, 6) is 0.0501. The SMILES string of the molecule is CCCc1ccc2c(c1)N(CCNC(C)=O)CC2. The van der Waals surface area contributed by atoms with Crippen molar-refractivity contribution in [2.75, 3.05) is 24.5 Å². The van der Waals surface area contributed by atoms with Gasteiger partial charge >= 0.3 is 0 Å². The molecule has 98 valence electrons. The number of nitrogens with zero attached hydrogens (tertiary/aromatic N) is 1. The van der Waals surface area contributed by atoms with Crippen molar-refractivity contribution in [3.05, 3.63) is 29.3 Å². The van der Waals surface area contributed by atoms with Crippen molar-refractivity contribution in [3.63, 3.8) is 0 Å². The van der Waals surface area contributed by atoms with Crippen LogP contribution in [0, 0.1) is 0 Å². The summed E-state index contributed by atoms with van der Waals surface area (Å²) in [7, 11) is 0. The first-order valence-electron chi connectivity index (χ1n) is 6.82. The molecule has 3 heteroatoms. The molecule has 0 bridgehead atoms. The van der Waals surface area contributed by atoms with Gasteiger partial charge in [0.2, 0.25) is 5.91 Å². The van der Waals surface area contributed by atoms with E-state index in [1.165, 1.54) is 23.2 Å². The Morgan fingerprint density at radius 3 is 3.00 bits per heavy atom. The fourth-order valence-electron chi connectivity index (χ4n) is 2.53. The second kappa shape index (κ2) is 5.89. The largest absolute Gasteiger partial charge is 0.369 e. The lowest BCUT2D eigenvalue weighted by atomic mass is 10.1. The molecular weight excluding hydrogens is 224 g/mol. The predicted molar refractivity (Wildman–Crippen MR) is 75.0 cm³/mol. The van der Waals surface area contributed by atoms with Gasteiger partial charge in [-0.15, -0.1) is 0 Å². The van der Waals surface area contributed by atoms with Gasteiger partial charge in [0.1, 0.15) is 0 Å². The van der Waals surface area contributed by atoms with Gasteiger partial charge < -0.3 is 10.2 Å². The zero-order chi connectivity index (χ0) is 13.0. The van der Waals surface area contributed by atoms with E-state index < -0.39 is 0 Å². The minimum absolute atomic E-state index is 0.0501. The molecule has 0 fully saturated rings. The zero-order valence-corrected chi connectivity index (χ0v) is 11.3. The number of nitrogens with one attached hydrogen (secondary N) is 1. The van der Waals surface area contributed by atoms with Crippen LogP contribution in [0.15, 0.2) is 18.2 Å². The van der Waals surface area contributed by atoms with E-state index in [2.05, 4.69) is 35.3 Å². The highest BCUT2D eigenvalue weighted by Crippen LogP contribution is 2.28. The number of carbonyl (C=O) groups excluding carboxylic acids is 1. The van der Waals surface area contributed by atoms with Gasteiger partial charge in [-0.3, -0.25) is 4.79 Å². The number of amides is 1. The average Bonchev–Trinajstić information content (AvgIpc) is 2.72. The minimum Gasteiger partial charge on any atom is -0.369 e. The Morgan fingerprint density at radius 1 is 1.44 bits per heavy atom. The molecular formula is C15H22N2O. The first-order chi connectivity index (χ1) is 8.70. The van der Waals surface area contributed by atoms with Gasteiger partial charge in [-0.2, -0.15) is 0 Å². The van der Waals surface area contributed by atoms with Crippen molar-refractivity contribution in [2.24, 2.45) is 0 Å². The minimum atomic E-state index is 0.0501. The van der Waals surface area contributed by atoms with Crippen LogP contribution in [0.1, 0.15) is 31.4 Å². The molecule has 0 saturated carbocycles. The highest BCUT2D eigenvalue weighted by atomic mass is 16.1. The van der Waals surface area contributed by atoms with Crippen molar-refractivity contribution in [3.8, 4) is 0 Å². The molecule has 1 heterocycles. The Bertz CT molecular complexity index is 429. The van der Waals surface area contributed by atoms with Gasteiger partial charge in [0, 0.05) is 32.2 Å². The monoisotopic (exact) mass is 246 g/mol. The number of hydrogen-bond donors (Lipinski definition) is 1. The van der Waals surface area contributed by atoms with E-state index in [0.717, 1.165) is 32.5 Å². The molecule has 0 spiro atoms. The van der Waals surface area contributed by atoms with Gasteiger partial charge in [-0.05, 0) is 30.0 Å². The maximum atomic E-state index is 10.9. The Labute approximate surface area is 109 Å². The fraction of sp³-hybridized carbons (Fsp3) is 0.533. The third kappa shape index (κ3) is 3.03. The summed E-state index contributed by atoms with van der Waals surface area (Å²) in [6, 6.07) is 6.83. The molecule has 1 aliphatic rings. The van der Waals surface area contributed by atoms with Crippen LogP contribution in [-0.2, 0) is 17.6 Å². The van der Waals surface area contributed by atoms with Crippen LogP contribution in [0.4, 0.5) is 5.69 Å². The summed E-state index contributed by atoms with van der Waals surface area (Å²) in [4.78, 5) is 13.3. The fourth-order valence-corrected chi connectivity index (χ4v) is 2.53. The molecule has 1 aromatic rings. The first kappa shape index (κ1) is 12.9. The quantitative estimate of drug-likeness (QED) is 0.863. The number of fused-ring (bicyclic) bond motifs is 1. The number of hydrogen-bond acceptors (Lipinski definition) is 2. The Hall–Kier alpha value is -1.51. The number of carbonyl (C=O) groups is 1. The van der Waals surface area contributed by atoms with Crippen LogP contribution in [-0.4, -0.2) is 25.5 Å². The van der Waals surface area contributed by atoms with Crippen LogP contribution < -0.4 is 10.2 Å². The summed E-state index contributed by atoms with van der Waals surface area (Å²) >= 11 is 0. The van der Waals surface area contributed by atoms with Crippen LogP contribution >= 0.6 is 0 Å². The van der Waals surface area contributed by atoms with Crippen molar-refractivity contribution in [1.29, 1.82) is 0 Å². The molecule has 1 amide bonds. The molecule has 18 heavy (non-hydrogen) atoms. The average molecular weight is 246 g/mol. The molecule has 0 saturated heterocycles. The second-order valence-electron chi connectivity index (χ2n) is 4.93. The van der Waals surface area contributed by atoms with Crippen molar-refractivity contribution >= 4 is 11.6 Å². The lowest BCUT2D eigenvalue weighted by Crippen LogP contribution is -2.32. The molecule has 1 aromatic carbocycles. The first-order valence-corrected chi connectivity index (χ1v) is 6.82. The van der Waals surface area contributed by atoms with Gasteiger partial charge in [0.25, 0.3) is 0 Å². The van der Waals surface area contributed by atoms with Crippen LogP contribution in [0.25, 0.3) is 0 Å². The summed E-state index contributed by atoms with van der Waals surface area (Å²) in [6.07, 6.45) is 3.46. The molecule has 3 nitrogen and oxygen atoms in total. The van der Waals surface area contributed by atoms with Crippen molar-refractivity contribution in [1.82, 2.24) is 5.32 Å². The highest BCUT2D eigenvalue weighted by molar-refractivity contribution is 5.72. The Kier molecular flexibility index (Phi) is 4.24. The van der Waals surface area contributed by atoms with E-state index in [4.69, 9.17) is 0 Å². The van der Waals surface area contributed by atoms with E-state index in [0.29, 0.717) is 0 Å². The third-order valence-corrected chi connectivity index (χ3v) is 3.44. The Balaban J connectivity index is 2.01. The highest BCUT2D eigenvalue weighted by Gasteiger charge is 2.18. The van der Waals surface area contributed by atoms with Crippen molar-refractivity contribution < 1.29 is 4.79 Å². The molecule has 0 radical (unpaired) electrons. The summed E-state index contributed by atoms with van der Waals surface area (Å²) < 4.78 is 0. The zero-order valence-electron chi connectivity index (χ0n) is 11.3. The van der Waals surface area contributed by atoms with Gasteiger partial charge in [0.05, 0.1) is 0 Å². The van der Waals surface area contributed by atoms with E-state index in [1.807, 2.05) is 0 Å². The van der Waals surface area contributed by atoms with E-state index in [9.17, 15) is 4.79 Å². The maximum Gasteiger partial charge on any atom is 0.216 e. The smallest absolute Gasteiger partial charge is 0.216 e. The topological polar surface area (TPSA) is 32.3 Å². The standard InChI is InChI=1S/C15H22N2O/c1-3-4-13-5-6-14-7-9-17(15(14)11-13)10-8-16-12(2)18/h5-6,11H,3-4,7-10H2,1-2H3,(H,16,18). The normalized spacial score (nSPS) is 13.6. The summed E-state index contributed by atoms with van der Waals surface area (Å²) in [5, 5.41) is 2.86. The molecule has 2 rings (SSSR count). The van der Waals surface area contributed by atoms with Crippen LogP contribution in [0.2, 0.25) is 0 Å². The molecule has 0 unspecified atom stereocenters. The van der Waals surface area contributed by atoms with Gasteiger partial charge in [-0.1, -0.05) is 25.5 Å². The van der Waals surface area contributed by atoms with Gasteiger partial charge in [0.15, 0.2) is 0 Å². The lowest BCUT2D eigenvalue weighted by molar-refractivity contribution is -0.118. The van der Waals surface area contributed by atoms with Crippen LogP contribution in [0.3, 0.4) is 0 Å². The van der Waals surface area contributed by atoms with E-state index in [1.54, 1.807) is 6.92 Å². The van der Waals surface area contributed by atoms with Gasteiger partial charge in [-0.25, -0.2) is 0 Å². The molecule has 0 aliphatic carbocycles. The molecule has 1 N–H and O–H groups in total. The van der Waals surface area contributed by atoms with E-state index in [-0.39, 0.29) is 5.91 Å². The number of benzene rings is 1. The predicted octanol–water partition coefficient (Wildman–Crippen LogP) is 2.14. The molecule has 0 aromatic heterocycles. The molecule has 1 aliphatic heterocycles. The second-order valence-corrected chi connectivity index (χ2v) is 4.93. The number of rotatable bonds is 5.